The topological polar surface area (TPSA) is 17.0 Å². The molecule has 0 bridgehead atoms. The number of hydrogen-bond acceptors (Lipinski definition) is 1. The van der Waals surface area contributed by atoms with Crippen molar-refractivity contribution in [2.24, 2.45) is 0 Å². The predicted molar refractivity (Wildman–Crippen MR) is 86.1 cm³/mol. The Bertz CT molecular complexity index is 543. The molecule has 1 aromatic carbocycles. The number of nitrogens with zero attached hydrogens (tertiary/aromatic N) is 1. The highest BCUT2D eigenvalue weighted by molar-refractivity contribution is 14.1. The first-order valence-electron chi connectivity index (χ1n) is 6.27. The molecule has 0 aliphatic carbocycles. The Morgan fingerprint density at radius 2 is 2.00 bits per heavy atom. The average molecular weight is 354 g/mol. The molecule has 0 saturated heterocycles. The summed E-state index contributed by atoms with van der Waals surface area (Å²) in [6.45, 7) is 8.49. The van der Waals surface area contributed by atoms with E-state index in [9.17, 15) is 0 Å². The maximum Gasteiger partial charge on any atom is 0.0418 e. The highest BCUT2D eigenvalue weighted by Gasteiger charge is 2.07. The minimum Gasteiger partial charge on any atom is -0.381 e. The molecule has 1 heterocycles. The monoisotopic (exact) mass is 354 g/mol. The van der Waals surface area contributed by atoms with E-state index < -0.39 is 0 Å². The molecule has 1 aromatic heterocycles. The molecule has 1 N–H and O–H groups in total. The molecule has 0 unspecified atom stereocenters. The number of rotatable bonds is 4. The second-order valence-corrected chi connectivity index (χ2v) is 5.75. The number of nitrogens with one attached hydrogen (secondary N) is 1. The standard InChI is InChI=1S/C15H19IN2/c1-4-18-11(2)8-13(12(18)3)10-17-15-7-5-6-14(16)9-15/h5-9,17H,4,10H2,1-3H3. The molecule has 0 radical (unpaired) electrons. The lowest BCUT2D eigenvalue weighted by Crippen LogP contribution is -2.03. The van der Waals surface area contributed by atoms with Crippen molar-refractivity contribution in [1.29, 1.82) is 0 Å². The third-order valence-corrected chi connectivity index (χ3v) is 3.97. The van der Waals surface area contributed by atoms with Crippen molar-refractivity contribution >= 4 is 28.3 Å². The first-order valence-corrected chi connectivity index (χ1v) is 7.34. The van der Waals surface area contributed by atoms with Gasteiger partial charge >= 0.3 is 0 Å². The van der Waals surface area contributed by atoms with Crippen LogP contribution in [0.2, 0.25) is 0 Å². The molecule has 0 saturated carbocycles. The molecule has 2 aromatic rings. The molecular weight excluding hydrogens is 335 g/mol. The SMILES string of the molecule is CCn1c(C)cc(CNc2cccc(I)c2)c1C. The van der Waals surface area contributed by atoms with Crippen LogP contribution >= 0.6 is 22.6 Å². The number of benzene rings is 1. The highest BCUT2D eigenvalue weighted by atomic mass is 127. The molecule has 96 valence electrons. The fraction of sp³-hybridized carbons (Fsp3) is 0.333. The van der Waals surface area contributed by atoms with Gasteiger partial charge in [0.15, 0.2) is 0 Å². The first-order chi connectivity index (χ1) is 8.61. The summed E-state index contributed by atoms with van der Waals surface area (Å²) in [6, 6.07) is 10.7. The number of anilines is 1. The lowest BCUT2D eigenvalue weighted by atomic mass is 10.2. The van der Waals surface area contributed by atoms with Gasteiger partial charge in [-0.15, -0.1) is 0 Å². The summed E-state index contributed by atoms with van der Waals surface area (Å²) in [5.41, 5.74) is 5.28. The number of aryl methyl sites for hydroxylation is 1. The summed E-state index contributed by atoms with van der Waals surface area (Å²) in [5.74, 6) is 0. The fourth-order valence-corrected chi connectivity index (χ4v) is 2.88. The Morgan fingerprint density at radius 1 is 1.22 bits per heavy atom. The van der Waals surface area contributed by atoms with Crippen LogP contribution in [-0.4, -0.2) is 4.57 Å². The van der Waals surface area contributed by atoms with Crippen LogP contribution in [0.15, 0.2) is 30.3 Å². The number of hydrogen-bond donors (Lipinski definition) is 1. The zero-order valence-corrected chi connectivity index (χ0v) is 13.3. The average Bonchev–Trinajstić information content (AvgIpc) is 2.61. The highest BCUT2D eigenvalue weighted by Crippen LogP contribution is 2.18. The fourth-order valence-electron chi connectivity index (χ4n) is 2.33. The second-order valence-electron chi connectivity index (χ2n) is 4.50. The molecule has 2 nitrogen and oxygen atoms in total. The minimum absolute atomic E-state index is 0.889. The van der Waals surface area contributed by atoms with Gasteiger partial charge in [-0.3, -0.25) is 0 Å². The van der Waals surface area contributed by atoms with E-state index in [2.05, 4.69) is 83.6 Å². The van der Waals surface area contributed by atoms with Gasteiger partial charge in [-0.25, -0.2) is 0 Å². The van der Waals surface area contributed by atoms with Crippen molar-refractivity contribution in [3.05, 3.63) is 50.9 Å². The van der Waals surface area contributed by atoms with Crippen LogP contribution in [0.25, 0.3) is 0 Å². The van der Waals surface area contributed by atoms with Crippen molar-refractivity contribution in [1.82, 2.24) is 4.57 Å². The van der Waals surface area contributed by atoms with E-state index in [1.165, 1.54) is 26.2 Å². The van der Waals surface area contributed by atoms with Crippen LogP contribution in [0.3, 0.4) is 0 Å². The van der Waals surface area contributed by atoms with Gasteiger partial charge < -0.3 is 9.88 Å². The van der Waals surface area contributed by atoms with Gasteiger partial charge in [0.1, 0.15) is 0 Å². The molecule has 0 atom stereocenters. The van der Waals surface area contributed by atoms with Crippen LogP contribution in [0.5, 0.6) is 0 Å². The van der Waals surface area contributed by atoms with Crippen LogP contribution in [0.1, 0.15) is 23.9 Å². The van der Waals surface area contributed by atoms with E-state index in [0.717, 1.165) is 13.1 Å². The van der Waals surface area contributed by atoms with Crippen LogP contribution in [0.4, 0.5) is 5.69 Å². The molecule has 0 aliphatic heterocycles. The van der Waals surface area contributed by atoms with Crippen molar-refractivity contribution in [3.8, 4) is 0 Å². The Labute approximate surface area is 123 Å². The molecule has 3 heteroatoms. The van der Waals surface area contributed by atoms with Gasteiger partial charge in [-0.2, -0.15) is 0 Å². The lowest BCUT2D eigenvalue weighted by Gasteiger charge is -2.08. The zero-order valence-electron chi connectivity index (χ0n) is 11.1. The summed E-state index contributed by atoms with van der Waals surface area (Å²) in [7, 11) is 0. The largest absolute Gasteiger partial charge is 0.381 e. The predicted octanol–water partition coefficient (Wildman–Crippen LogP) is 4.34. The molecule has 2 rings (SSSR count). The quantitative estimate of drug-likeness (QED) is 0.809. The minimum atomic E-state index is 0.889. The van der Waals surface area contributed by atoms with Crippen LogP contribution in [-0.2, 0) is 13.1 Å². The molecule has 0 fully saturated rings. The molecular formula is C15H19IN2. The van der Waals surface area contributed by atoms with Gasteiger partial charge in [-0.1, -0.05) is 6.07 Å². The summed E-state index contributed by atoms with van der Waals surface area (Å²) in [6.07, 6.45) is 0. The maximum atomic E-state index is 3.49. The van der Waals surface area contributed by atoms with Crippen molar-refractivity contribution in [3.63, 3.8) is 0 Å². The second kappa shape index (κ2) is 5.78. The first kappa shape index (κ1) is 13.5. The van der Waals surface area contributed by atoms with E-state index in [0.29, 0.717) is 0 Å². The van der Waals surface area contributed by atoms with Gasteiger partial charge in [-0.05, 0) is 73.2 Å². The van der Waals surface area contributed by atoms with Gasteiger partial charge in [0.2, 0.25) is 0 Å². The van der Waals surface area contributed by atoms with Gasteiger partial charge in [0, 0.05) is 33.7 Å². The van der Waals surface area contributed by atoms with Gasteiger partial charge in [0.25, 0.3) is 0 Å². The number of halogens is 1. The summed E-state index contributed by atoms with van der Waals surface area (Å²) < 4.78 is 3.61. The van der Waals surface area contributed by atoms with E-state index in [1.807, 2.05) is 0 Å². The van der Waals surface area contributed by atoms with Crippen LogP contribution in [0, 0.1) is 17.4 Å². The van der Waals surface area contributed by atoms with Crippen molar-refractivity contribution in [2.75, 3.05) is 5.32 Å². The van der Waals surface area contributed by atoms with Crippen molar-refractivity contribution in [2.45, 2.75) is 33.9 Å². The zero-order chi connectivity index (χ0) is 13.1. The third kappa shape index (κ3) is 2.88. The Balaban J connectivity index is 2.11. The molecule has 0 amide bonds. The summed E-state index contributed by atoms with van der Waals surface area (Å²) in [5, 5.41) is 3.49. The number of aromatic nitrogens is 1. The molecule has 18 heavy (non-hydrogen) atoms. The summed E-state index contributed by atoms with van der Waals surface area (Å²) in [4.78, 5) is 0. The summed E-state index contributed by atoms with van der Waals surface area (Å²) >= 11 is 2.34. The smallest absolute Gasteiger partial charge is 0.0418 e. The Hall–Kier alpha value is -0.970. The van der Waals surface area contributed by atoms with E-state index in [-0.39, 0.29) is 0 Å². The van der Waals surface area contributed by atoms with E-state index in [4.69, 9.17) is 0 Å². The normalized spacial score (nSPS) is 10.7. The van der Waals surface area contributed by atoms with Crippen LogP contribution < -0.4 is 5.32 Å². The Morgan fingerprint density at radius 3 is 2.61 bits per heavy atom. The van der Waals surface area contributed by atoms with Gasteiger partial charge in [0.05, 0.1) is 0 Å². The van der Waals surface area contributed by atoms with E-state index >= 15 is 0 Å². The lowest BCUT2D eigenvalue weighted by molar-refractivity contribution is 0.715. The molecule has 0 spiro atoms. The molecule has 0 aliphatic rings. The van der Waals surface area contributed by atoms with E-state index in [1.54, 1.807) is 0 Å². The Kier molecular flexibility index (Phi) is 4.32. The van der Waals surface area contributed by atoms with Crippen molar-refractivity contribution < 1.29 is 0 Å². The maximum absolute atomic E-state index is 3.49. The third-order valence-electron chi connectivity index (χ3n) is 3.30.